The van der Waals surface area contributed by atoms with Crippen LogP contribution in [0.4, 0.5) is 0 Å². The fraction of sp³-hybridized carbons (Fsp3) is 0.314. The lowest BCUT2D eigenvalue weighted by Gasteiger charge is -2.37. The molecule has 0 aromatic heterocycles. The lowest BCUT2D eigenvalue weighted by molar-refractivity contribution is -0.120. The van der Waals surface area contributed by atoms with Crippen LogP contribution in [0, 0.1) is 10.8 Å². The van der Waals surface area contributed by atoms with Gasteiger partial charge in [-0.3, -0.25) is 0 Å². The van der Waals surface area contributed by atoms with Crippen LogP contribution in [0.1, 0.15) is 36.1 Å². The van der Waals surface area contributed by atoms with Gasteiger partial charge >= 0.3 is 0 Å². The third-order valence-electron chi connectivity index (χ3n) is 8.50. The van der Waals surface area contributed by atoms with Gasteiger partial charge in [0.15, 0.2) is 0 Å². The Balaban J connectivity index is 1.29. The molecule has 2 fully saturated rings. The van der Waals surface area contributed by atoms with Gasteiger partial charge in [0.25, 0.3) is 0 Å². The first-order chi connectivity index (χ1) is 19.0. The number of fused-ring (bicyclic) bond motifs is 3. The second-order valence-corrected chi connectivity index (χ2v) is 12.1. The number of hydrogen-bond acceptors (Lipinski definition) is 4. The molecule has 4 heteroatoms. The molecule has 1 aliphatic carbocycles. The molecule has 0 spiro atoms. The molecule has 2 heterocycles. The number of benzene rings is 4. The first-order valence-corrected chi connectivity index (χ1v) is 13.8. The van der Waals surface area contributed by atoms with Crippen LogP contribution in [0.5, 0.6) is 11.5 Å². The summed E-state index contributed by atoms with van der Waals surface area (Å²) in [7, 11) is 0. The molecule has 0 bridgehead atoms. The highest BCUT2D eigenvalue weighted by atomic mass is 16.5. The second-order valence-electron chi connectivity index (χ2n) is 12.1. The van der Waals surface area contributed by atoms with E-state index in [9.17, 15) is 0 Å². The van der Waals surface area contributed by atoms with Crippen molar-refractivity contribution < 1.29 is 18.9 Å². The average Bonchev–Trinajstić information content (AvgIpc) is 3.25. The van der Waals surface area contributed by atoms with Gasteiger partial charge in [-0.25, -0.2) is 0 Å². The molecule has 198 valence electrons. The minimum absolute atomic E-state index is 0.107. The fourth-order valence-electron chi connectivity index (χ4n) is 6.21. The highest BCUT2D eigenvalue weighted by Crippen LogP contribution is 2.56. The summed E-state index contributed by atoms with van der Waals surface area (Å²) in [4.78, 5) is 0. The lowest BCUT2D eigenvalue weighted by Crippen LogP contribution is -2.44. The van der Waals surface area contributed by atoms with Crippen molar-refractivity contribution in [3.8, 4) is 22.6 Å². The largest absolute Gasteiger partial charge is 0.493 e. The molecule has 0 N–H and O–H groups in total. The summed E-state index contributed by atoms with van der Waals surface area (Å²) in [6, 6.07) is 35.0. The minimum atomic E-state index is -0.439. The Morgan fingerprint density at radius 3 is 1.28 bits per heavy atom. The first kappa shape index (κ1) is 24.4. The molecule has 0 amide bonds. The summed E-state index contributed by atoms with van der Waals surface area (Å²) >= 11 is 0. The topological polar surface area (TPSA) is 36.9 Å². The van der Waals surface area contributed by atoms with Gasteiger partial charge in [0.05, 0.1) is 45.1 Å². The molecule has 4 aromatic rings. The summed E-state index contributed by atoms with van der Waals surface area (Å²) in [5.74, 6) is 1.78. The molecule has 39 heavy (non-hydrogen) atoms. The van der Waals surface area contributed by atoms with Crippen LogP contribution in [-0.4, -0.2) is 39.6 Å². The van der Waals surface area contributed by atoms with E-state index in [0.717, 1.165) is 37.9 Å². The molecule has 2 saturated heterocycles. The maximum absolute atomic E-state index is 6.19. The predicted octanol–water partition coefficient (Wildman–Crippen LogP) is 6.88. The van der Waals surface area contributed by atoms with Crippen LogP contribution < -0.4 is 9.47 Å². The summed E-state index contributed by atoms with van der Waals surface area (Å²) < 4.78 is 23.2. The quantitative estimate of drug-likeness (QED) is 0.224. The second kappa shape index (κ2) is 9.25. The number of rotatable bonds is 8. The van der Waals surface area contributed by atoms with Crippen LogP contribution >= 0.6 is 0 Å². The van der Waals surface area contributed by atoms with Crippen LogP contribution in [0.2, 0.25) is 0 Å². The smallest absolute Gasteiger partial charge is 0.119 e. The summed E-state index contributed by atoms with van der Waals surface area (Å²) in [5.41, 5.74) is 7.38. The minimum Gasteiger partial charge on any atom is -0.493 e. The Bertz CT molecular complexity index is 1370. The van der Waals surface area contributed by atoms with Gasteiger partial charge in [-0.05, 0) is 57.6 Å². The molecular formula is C35H34O4. The third kappa shape index (κ3) is 4.05. The predicted molar refractivity (Wildman–Crippen MR) is 153 cm³/mol. The first-order valence-electron chi connectivity index (χ1n) is 13.8. The van der Waals surface area contributed by atoms with Gasteiger partial charge in [-0.1, -0.05) is 86.6 Å². The van der Waals surface area contributed by atoms with E-state index in [4.69, 9.17) is 18.9 Å². The maximum Gasteiger partial charge on any atom is 0.119 e. The molecule has 0 saturated carbocycles. The van der Waals surface area contributed by atoms with Crippen LogP contribution in [0.25, 0.3) is 11.1 Å². The van der Waals surface area contributed by atoms with Crippen molar-refractivity contribution >= 4 is 0 Å². The molecule has 3 aliphatic rings. The molecule has 4 nitrogen and oxygen atoms in total. The molecule has 7 rings (SSSR count). The van der Waals surface area contributed by atoms with Crippen LogP contribution in [0.3, 0.4) is 0 Å². The normalized spacial score (nSPS) is 19.2. The highest BCUT2D eigenvalue weighted by Gasteiger charge is 2.46. The van der Waals surface area contributed by atoms with E-state index >= 15 is 0 Å². The fourth-order valence-corrected chi connectivity index (χ4v) is 6.21. The van der Waals surface area contributed by atoms with Gasteiger partial charge in [-0.15, -0.1) is 0 Å². The maximum atomic E-state index is 6.19. The molecular weight excluding hydrogens is 484 g/mol. The molecule has 0 unspecified atom stereocenters. The molecule has 4 aromatic carbocycles. The lowest BCUT2D eigenvalue weighted by atomic mass is 9.68. The van der Waals surface area contributed by atoms with Crippen LogP contribution in [-0.2, 0) is 14.9 Å². The standard InChI is InChI=1S/C35H34O4/c1-33(19-36-20-33)23-38-27-15-11-25(12-16-27)35(26-13-17-28(18-14-26)39-24-34(2)21-37-22-34)31-9-5-3-7-29(31)30-8-4-6-10-32(30)35/h3-18H,19-24H2,1-2H3. The zero-order chi connectivity index (χ0) is 26.5. The van der Waals surface area contributed by atoms with E-state index < -0.39 is 5.41 Å². The Hall–Kier alpha value is -3.60. The number of hydrogen-bond donors (Lipinski definition) is 0. The van der Waals surface area contributed by atoms with Crippen molar-refractivity contribution in [2.75, 3.05) is 39.6 Å². The zero-order valence-electron chi connectivity index (χ0n) is 22.6. The average molecular weight is 519 g/mol. The van der Waals surface area contributed by atoms with Gasteiger partial charge in [0, 0.05) is 10.8 Å². The van der Waals surface area contributed by atoms with Gasteiger partial charge < -0.3 is 18.9 Å². The van der Waals surface area contributed by atoms with E-state index in [0.29, 0.717) is 13.2 Å². The van der Waals surface area contributed by atoms with Gasteiger partial charge in [0.2, 0.25) is 0 Å². The Morgan fingerprint density at radius 2 is 0.923 bits per heavy atom. The monoisotopic (exact) mass is 518 g/mol. The Kier molecular flexibility index (Phi) is 5.80. The Labute approximate surface area is 230 Å². The summed E-state index contributed by atoms with van der Waals surface area (Å²) in [5, 5.41) is 0. The molecule has 0 radical (unpaired) electrons. The van der Waals surface area contributed by atoms with Crippen molar-refractivity contribution in [3.63, 3.8) is 0 Å². The van der Waals surface area contributed by atoms with E-state index in [-0.39, 0.29) is 10.8 Å². The van der Waals surface area contributed by atoms with E-state index in [1.54, 1.807) is 0 Å². The van der Waals surface area contributed by atoms with E-state index in [2.05, 4.69) is 111 Å². The molecule has 0 atom stereocenters. The van der Waals surface area contributed by atoms with Crippen molar-refractivity contribution in [1.29, 1.82) is 0 Å². The van der Waals surface area contributed by atoms with Crippen molar-refractivity contribution in [3.05, 3.63) is 119 Å². The molecule has 2 aliphatic heterocycles. The summed E-state index contributed by atoms with van der Waals surface area (Å²) in [6.07, 6.45) is 0. The highest BCUT2D eigenvalue weighted by molar-refractivity contribution is 5.86. The SMILES string of the molecule is CC1(COc2ccc(C3(c4ccc(OCC5(C)COC5)cc4)c4ccccc4-c4ccccc43)cc2)COC1. The van der Waals surface area contributed by atoms with Gasteiger partial charge in [0.1, 0.15) is 11.5 Å². The van der Waals surface area contributed by atoms with Crippen molar-refractivity contribution in [2.45, 2.75) is 19.3 Å². The van der Waals surface area contributed by atoms with Gasteiger partial charge in [-0.2, -0.15) is 0 Å². The van der Waals surface area contributed by atoms with Crippen molar-refractivity contribution in [1.82, 2.24) is 0 Å². The van der Waals surface area contributed by atoms with E-state index in [1.165, 1.54) is 33.4 Å². The number of ether oxygens (including phenoxy) is 4. The van der Waals surface area contributed by atoms with Crippen molar-refractivity contribution in [2.24, 2.45) is 10.8 Å². The van der Waals surface area contributed by atoms with Crippen LogP contribution in [0.15, 0.2) is 97.1 Å². The van der Waals surface area contributed by atoms with E-state index in [1.807, 2.05) is 0 Å². The zero-order valence-corrected chi connectivity index (χ0v) is 22.6. The Morgan fingerprint density at radius 1 is 0.538 bits per heavy atom. The summed E-state index contributed by atoms with van der Waals surface area (Å²) in [6.45, 7) is 8.78. The third-order valence-corrected chi connectivity index (χ3v) is 8.50.